The molecule has 4 N–H and O–H groups in total. The molecular weight excluding hydrogens is 540 g/mol. The normalized spacial score (nSPS) is 11.9. The standard InChI is InChI=1S/C29H32N8O5/c1-36(2)24(38)13-7-6-11-21(33-29(41)42)27(39)32-22-12-8-16-37(28(22)40)17-23-34-25-20(30-18-31-26(25)35-23)15-14-19-9-4-3-5-10-19/h3-5,7-10,12-13,16,18,21,33H,6,11,14-15,17H2,1-2H3,(H,32,39)(H,41,42)(H,30,31,34,35)/b13-7+/t21-/m0/s1. The molecule has 1 atom stereocenters. The van der Waals surface area contributed by atoms with Gasteiger partial charge in [-0.05, 0) is 49.5 Å². The van der Waals surface area contributed by atoms with Crippen molar-refractivity contribution in [3.05, 3.63) is 94.6 Å². The van der Waals surface area contributed by atoms with Crippen LogP contribution >= 0.6 is 0 Å². The van der Waals surface area contributed by atoms with E-state index in [-0.39, 0.29) is 31.0 Å². The molecule has 4 rings (SSSR count). The molecular formula is C29H32N8O5. The number of aromatic amines is 1. The van der Waals surface area contributed by atoms with Crippen molar-refractivity contribution in [2.24, 2.45) is 0 Å². The zero-order chi connectivity index (χ0) is 30.1. The van der Waals surface area contributed by atoms with Gasteiger partial charge in [-0.2, -0.15) is 0 Å². The molecule has 3 aromatic heterocycles. The van der Waals surface area contributed by atoms with Gasteiger partial charge in [-0.1, -0.05) is 36.4 Å². The van der Waals surface area contributed by atoms with Crippen molar-refractivity contribution >= 4 is 34.8 Å². The Morgan fingerprint density at radius 1 is 1.10 bits per heavy atom. The number of nitrogens with zero attached hydrogens (tertiary/aromatic N) is 5. The molecule has 0 aliphatic heterocycles. The lowest BCUT2D eigenvalue weighted by molar-refractivity contribution is -0.123. The molecule has 218 valence electrons. The Hall–Kier alpha value is -5.33. The zero-order valence-electron chi connectivity index (χ0n) is 23.3. The Bertz CT molecular complexity index is 1640. The Kier molecular flexibility index (Phi) is 9.77. The number of H-pyrrole nitrogens is 1. The first-order chi connectivity index (χ1) is 20.2. The minimum absolute atomic E-state index is 0.0162. The topological polar surface area (TPSA) is 175 Å². The molecule has 0 aliphatic carbocycles. The summed E-state index contributed by atoms with van der Waals surface area (Å²) < 4.78 is 1.37. The summed E-state index contributed by atoms with van der Waals surface area (Å²) in [5.41, 5.74) is 2.68. The number of aryl methyl sites for hydroxylation is 2. The smallest absolute Gasteiger partial charge is 0.405 e. The molecule has 0 saturated carbocycles. The molecule has 0 spiro atoms. The quantitative estimate of drug-likeness (QED) is 0.187. The number of carboxylic acid groups (broad SMARTS) is 1. The first-order valence-electron chi connectivity index (χ1n) is 13.3. The van der Waals surface area contributed by atoms with E-state index in [0.717, 1.165) is 12.1 Å². The number of rotatable bonds is 12. The van der Waals surface area contributed by atoms with Crippen molar-refractivity contribution in [3.8, 4) is 0 Å². The van der Waals surface area contributed by atoms with E-state index in [0.29, 0.717) is 23.4 Å². The molecule has 1 aromatic carbocycles. The first-order valence-corrected chi connectivity index (χ1v) is 13.3. The number of amides is 3. The van der Waals surface area contributed by atoms with Crippen LogP contribution in [0.3, 0.4) is 0 Å². The fraction of sp³-hybridized carbons (Fsp3) is 0.276. The molecule has 0 aliphatic rings. The zero-order valence-corrected chi connectivity index (χ0v) is 23.3. The number of anilines is 1. The monoisotopic (exact) mass is 572 g/mol. The molecule has 13 nitrogen and oxygen atoms in total. The van der Waals surface area contributed by atoms with Crippen molar-refractivity contribution in [2.45, 2.75) is 38.3 Å². The van der Waals surface area contributed by atoms with Crippen molar-refractivity contribution < 1.29 is 19.5 Å². The highest BCUT2D eigenvalue weighted by Crippen LogP contribution is 2.15. The second-order valence-corrected chi connectivity index (χ2v) is 9.75. The Morgan fingerprint density at radius 3 is 2.62 bits per heavy atom. The van der Waals surface area contributed by atoms with Gasteiger partial charge < -0.3 is 30.2 Å². The molecule has 0 bridgehead atoms. The average Bonchev–Trinajstić information content (AvgIpc) is 3.39. The summed E-state index contributed by atoms with van der Waals surface area (Å²) in [6, 6.07) is 12.0. The van der Waals surface area contributed by atoms with Crippen LogP contribution in [-0.4, -0.2) is 72.6 Å². The SMILES string of the molecule is CN(C)C(=O)/C=C/CC[C@H](NC(=O)O)C(=O)Nc1cccn(Cc2nc3ncnc(CCc4ccccc4)c3[nH]2)c1=O. The number of hydrogen-bond acceptors (Lipinski definition) is 7. The van der Waals surface area contributed by atoms with Crippen LogP contribution in [-0.2, 0) is 29.0 Å². The maximum atomic E-state index is 13.2. The lowest BCUT2D eigenvalue weighted by Gasteiger charge is -2.16. The minimum Gasteiger partial charge on any atom is -0.465 e. The Balaban J connectivity index is 1.45. The van der Waals surface area contributed by atoms with Crippen LogP contribution in [0.5, 0.6) is 0 Å². The number of likely N-dealkylation sites (N-methyl/N-ethyl adjacent to an activating group) is 1. The second kappa shape index (κ2) is 13.8. The van der Waals surface area contributed by atoms with E-state index in [9.17, 15) is 24.3 Å². The highest BCUT2D eigenvalue weighted by molar-refractivity contribution is 5.96. The number of nitrogens with one attached hydrogen (secondary N) is 3. The van der Waals surface area contributed by atoms with Gasteiger partial charge in [0.1, 0.15) is 29.4 Å². The molecule has 42 heavy (non-hydrogen) atoms. The summed E-state index contributed by atoms with van der Waals surface area (Å²) in [5, 5.41) is 13.9. The highest BCUT2D eigenvalue weighted by atomic mass is 16.4. The fourth-order valence-corrected chi connectivity index (χ4v) is 4.25. The number of carbonyl (C=O) groups excluding carboxylic acids is 2. The molecule has 0 fully saturated rings. The third kappa shape index (κ3) is 7.87. The van der Waals surface area contributed by atoms with Gasteiger partial charge in [0.2, 0.25) is 11.8 Å². The number of allylic oxidation sites excluding steroid dienone is 1. The van der Waals surface area contributed by atoms with Crippen molar-refractivity contribution in [2.75, 3.05) is 19.4 Å². The van der Waals surface area contributed by atoms with Crippen LogP contribution in [0.1, 0.15) is 29.9 Å². The van der Waals surface area contributed by atoms with E-state index in [1.165, 1.54) is 33.5 Å². The summed E-state index contributed by atoms with van der Waals surface area (Å²) in [5.74, 6) is -0.435. The number of fused-ring (bicyclic) bond motifs is 1. The van der Waals surface area contributed by atoms with Gasteiger partial charge >= 0.3 is 6.09 Å². The number of hydrogen-bond donors (Lipinski definition) is 4. The van der Waals surface area contributed by atoms with Gasteiger partial charge in [0.25, 0.3) is 5.56 Å². The maximum Gasteiger partial charge on any atom is 0.405 e. The third-order valence-electron chi connectivity index (χ3n) is 6.44. The molecule has 0 unspecified atom stereocenters. The largest absolute Gasteiger partial charge is 0.465 e. The number of aromatic nitrogens is 5. The van der Waals surface area contributed by atoms with Gasteiger partial charge in [-0.25, -0.2) is 19.7 Å². The van der Waals surface area contributed by atoms with Crippen LogP contribution in [0.2, 0.25) is 0 Å². The van der Waals surface area contributed by atoms with Crippen LogP contribution in [0.4, 0.5) is 10.5 Å². The number of imidazole rings is 1. The van der Waals surface area contributed by atoms with Crippen molar-refractivity contribution in [1.82, 2.24) is 34.7 Å². The molecule has 0 saturated heterocycles. The summed E-state index contributed by atoms with van der Waals surface area (Å²) in [6.07, 6.45) is 6.38. The lowest BCUT2D eigenvalue weighted by Crippen LogP contribution is -2.44. The van der Waals surface area contributed by atoms with E-state index in [1.54, 1.807) is 32.4 Å². The van der Waals surface area contributed by atoms with Crippen LogP contribution in [0, 0.1) is 0 Å². The van der Waals surface area contributed by atoms with Crippen molar-refractivity contribution in [3.63, 3.8) is 0 Å². The number of benzene rings is 1. The summed E-state index contributed by atoms with van der Waals surface area (Å²) in [4.78, 5) is 66.9. The predicted octanol–water partition coefficient (Wildman–Crippen LogP) is 2.35. The van der Waals surface area contributed by atoms with E-state index in [4.69, 9.17) is 0 Å². The van der Waals surface area contributed by atoms with Gasteiger partial charge in [-0.3, -0.25) is 14.4 Å². The summed E-state index contributed by atoms with van der Waals surface area (Å²) in [6.45, 7) is 0.0819. The van der Waals surface area contributed by atoms with Crippen LogP contribution in [0.25, 0.3) is 11.2 Å². The molecule has 3 amide bonds. The maximum absolute atomic E-state index is 13.2. The third-order valence-corrected chi connectivity index (χ3v) is 6.44. The molecule has 0 radical (unpaired) electrons. The molecule has 13 heteroatoms. The van der Waals surface area contributed by atoms with Gasteiger partial charge in [0.05, 0.1) is 12.2 Å². The number of pyridine rings is 1. The van der Waals surface area contributed by atoms with Crippen LogP contribution < -0.4 is 16.2 Å². The number of carbonyl (C=O) groups is 3. The lowest BCUT2D eigenvalue weighted by atomic mass is 10.1. The average molecular weight is 573 g/mol. The van der Waals surface area contributed by atoms with E-state index < -0.39 is 23.6 Å². The van der Waals surface area contributed by atoms with E-state index in [1.807, 2.05) is 18.2 Å². The van der Waals surface area contributed by atoms with Crippen molar-refractivity contribution in [1.29, 1.82) is 0 Å². The Labute approximate surface area is 241 Å². The predicted molar refractivity (Wildman–Crippen MR) is 156 cm³/mol. The minimum atomic E-state index is -1.38. The first kappa shape index (κ1) is 29.6. The highest BCUT2D eigenvalue weighted by Gasteiger charge is 2.21. The Morgan fingerprint density at radius 2 is 1.88 bits per heavy atom. The van der Waals surface area contributed by atoms with E-state index >= 15 is 0 Å². The van der Waals surface area contributed by atoms with Gasteiger partial charge in [0.15, 0.2) is 5.65 Å². The van der Waals surface area contributed by atoms with E-state index in [2.05, 4.69) is 42.7 Å². The summed E-state index contributed by atoms with van der Waals surface area (Å²) >= 11 is 0. The molecule has 3 heterocycles. The van der Waals surface area contributed by atoms with Gasteiger partial charge in [-0.15, -0.1) is 0 Å². The summed E-state index contributed by atoms with van der Waals surface area (Å²) in [7, 11) is 3.21. The second-order valence-electron chi connectivity index (χ2n) is 9.75. The molecule has 4 aromatic rings. The fourth-order valence-electron chi connectivity index (χ4n) is 4.25. The van der Waals surface area contributed by atoms with Gasteiger partial charge in [0, 0.05) is 20.3 Å². The van der Waals surface area contributed by atoms with Crippen LogP contribution in [0.15, 0.2) is 71.9 Å².